The van der Waals surface area contributed by atoms with Gasteiger partial charge >= 0.3 is 0 Å². The van der Waals surface area contributed by atoms with Gasteiger partial charge in [0, 0.05) is 0 Å². The molecule has 1 aliphatic heterocycles. The minimum Gasteiger partial charge on any atom is -0.394 e. The summed E-state index contributed by atoms with van der Waals surface area (Å²) in [5, 5.41) is 42.6. The number of nitrogens with one attached hydrogen (secondary N) is 1. The Morgan fingerprint density at radius 1 is 1.45 bits per heavy atom. The zero-order chi connectivity index (χ0) is 23.3. The third kappa shape index (κ3) is 3.43. The Morgan fingerprint density at radius 2 is 2.10 bits per heavy atom. The first-order valence-corrected chi connectivity index (χ1v) is 9.51. The molecule has 3 heterocycles. The van der Waals surface area contributed by atoms with Crippen LogP contribution < -0.4 is 16.8 Å². The Morgan fingerprint density at radius 3 is 2.61 bits per heavy atom. The molecule has 2 aromatic rings. The number of thiol groups is 1. The molecule has 1 saturated heterocycles. The molecule has 6 atom stereocenters. The molecule has 0 bridgehead atoms. The number of fused-ring (bicyclic) bond motifs is 1. The number of nitrogens with zero attached hydrogens (tertiary/aromatic N) is 4. The summed E-state index contributed by atoms with van der Waals surface area (Å²) in [4.78, 5) is 34.5. The summed E-state index contributed by atoms with van der Waals surface area (Å²) in [6.07, 6.45) is -3.32. The van der Waals surface area contributed by atoms with Crippen molar-refractivity contribution in [2.75, 3.05) is 11.9 Å². The van der Waals surface area contributed by atoms with Gasteiger partial charge in [-0.25, -0.2) is 15.0 Å². The van der Waals surface area contributed by atoms with E-state index in [1.165, 1.54) is 13.8 Å². The topological polar surface area (TPSA) is 232 Å². The standard InChI is InChI=1S/C16H23N7O7S/c1-5(25)8(17)13(27)22-11-9-12(21-6(2)20-11)23(4-19-9)15(14(18)28)16(29,31)10(26)7(3-24)30-15/h4-5,7-8,10,24-26,29,31H,3,17H2,1-2H3,(H2,18,28)(H,20,21,22,27)/t5?,7-,8?,10-,15-,16+/m1/s1. The Labute approximate surface area is 180 Å². The van der Waals surface area contributed by atoms with Crippen molar-refractivity contribution in [3.05, 3.63) is 12.2 Å². The highest BCUT2D eigenvalue weighted by atomic mass is 32.1. The molecule has 0 spiro atoms. The van der Waals surface area contributed by atoms with Crippen LogP contribution in [0.25, 0.3) is 11.2 Å². The average molecular weight is 457 g/mol. The monoisotopic (exact) mass is 457 g/mol. The lowest BCUT2D eigenvalue weighted by Gasteiger charge is -2.36. The average Bonchev–Trinajstić information content (AvgIpc) is 3.19. The molecule has 2 aromatic heterocycles. The largest absolute Gasteiger partial charge is 0.394 e. The highest BCUT2D eigenvalue weighted by Gasteiger charge is 2.69. The number of carbonyl (C=O) groups is 2. The Balaban J connectivity index is 2.19. The lowest BCUT2D eigenvalue weighted by atomic mass is 10.0. The SMILES string of the molecule is Cc1nc(NC(=O)C(N)C(C)O)c2ncn([C@]3(C(N)=O)O[C@H](CO)[C@@H](O)[C@]3(O)S)c2n1. The zero-order valence-corrected chi connectivity index (χ0v) is 17.4. The summed E-state index contributed by atoms with van der Waals surface area (Å²) >= 11 is 4.01. The molecule has 15 heteroatoms. The van der Waals surface area contributed by atoms with Crippen LogP contribution >= 0.6 is 12.6 Å². The van der Waals surface area contributed by atoms with Gasteiger partial charge in [0.1, 0.15) is 30.4 Å². The maximum Gasteiger partial charge on any atom is 0.275 e. The van der Waals surface area contributed by atoms with Gasteiger partial charge in [-0.1, -0.05) is 0 Å². The van der Waals surface area contributed by atoms with E-state index in [9.17, 15) is 30.0 Å². The number of aromatic nitrogens is 4. The highest BCUT2D eigenvalue weighted by molar-refractivity contribution is 7.81. The van der Waals surface area contributed by atoms with Gasteiger partial charge in [-0.15, -0.1) is 12.6 Å². The number of amides is 2. The number of carbonyl (C=O) groups excluding carboxylic acids is 2. The van der Waals surface area contributed by atoms with Gasteiger partial charge in [0.15, 0.2) is 21.9 Å². The summed E-state index contributed by atoms with van der Waals surface area (Å²) < 4.78 is 6.43. The molecule has 1 fully saturated rings. The van der Waals surface area contributed by atoms with Crippen LogP contribution in [0.4, 0.5) is 5.82 Å². The van der Waals surface area contributed by atoms with Crippen molar-refractivity contribution in [1.82, 2.24) is 19.5 Å². The molecule has 9 N–H and O–H groups in total. The molecule has 0 radical (unpaired) electrons. The molecular formula is C16H23N7O7S. The second kappa shape index (κ2) is 7.94. The molecular weight excluding hydrogens is 434 g/mol. The first kappa shape index (κ1) is 23.3. The van der Waals surface area contributed by atoms with E-state index >= 15 is 0 Å². The van der Waals surface area contributed by atoms with Crippen molar-refractivity contribution >= 4 is 41.4 Å². The second-order valence-electron chi connectivity index (χ2n) is 7.18. The Bertz CT molecular complexity index is 1030. The van der Waals surface area contributed by atoms with E-state index in [0.717, 1.165) is 10.9 Å². The Kier molecular flexibility index (Phi) is 5.96. The fraction of sp³-hybridized carbons (Fsp3) is 0.562. The summed E-state index contributed by atoms with van der Waals surface area (Å²) in [7, 11) is 0. The van der Waals surface area contributed by atoms with Crippen molar-refractivity contribution < 1.29 is 34.8 Å². The van der Waals surface area contributed by atoms with Gasteiger partial charge in [-0.2, -0.15) is 0 Å². The Hall–Kier alpha value is -2.40. The van der Waals surface area contributed by atoms with Gasteiger partial charge < -0.3 is 41.9 Å². The number of hydrogen-bond donors (Lipinski definition) is 8. The van der Waals surface area contributed by atoms with E-state index in [0.29, 0.717) is 0 Å². The number of rotatable bonds is 6. The minimum absolute atomic E-state index is 0.0351. The number of hydrogen-bond acceptors (Lipinski definition) is 12. The van der Waals surface area contributed by atoms with Crippen LogP contribution in [0.5, 0.6) is 0 Å². The number of primary amides is 1. The van der Waals surface area contributed by atoms with Gasteiger partial charge in [0.2, 0.25) is 5.91 Å². The van der Waals surface area contributed by atoms with Crippen molar-refractivity contribution in [3.63, 3.8) is 0 Å². The van der Waals surface area contributed by atoms with Crippen LogP contribution in [0, 0.1) is 6.92 Å². The quantitative estimate of drug-likeness (QED) is 0.155. The molecule has 0 aromatic carbocycles. The number of anilines is 1. The molecule has 2 unspecified atom stereocenters. The van der Waals surface area contributed by atoms with E-state index in [1.54, 1.807) is 0 Å². The third-order valence-corrected chi connectivity index (χ3v) is 5.58. The summed E-state index contributed by atoms with van der Waals surface area (Å²) in [6, 6.07) is -1.26. The smallest absolute Gasteiger partial charge is 0.275 e. The van der Waals surface area contributed by atoms with E-state index < -0.39 is 53.4 Å². The van der Waals surface area contributed by atoms with Gasteiger partial charge in [0.05, 0.1) is 12.7 Å². The fourth-order valence-corrected chi connectivity index (χ4v) is 3.74. The minimum atomic E-state index is -2.59. The number of nitrogens with two attached hydrogens (primary N) is 2. The van der Waals surface area contributed by atoms with Gasteiger partial charge in [-0.05, 0) is 13.8 Å². The highest BCUT2D eigenvalue weighted by Crippen LogP contribution is 2.47. The maximum atomic E-state index is 12.5. The maximum absolute atomic E-state index is 12.5. The molecule has 0 aliphatic carbocycles. The van der Waals surface area contributed by atoms with E-state index in [-0.39, 0.29) is 22.8 Å². The fourth-order valence-electron chi connectivity index (χ4n) is 3.30. The molecule has 14 nitrogen and oxygen atoms in total. The predicted molar refractivity (Wildman–Crippen MR) is 107 cm³/mol. The van der Waals surface area contributed by atoms with Crippen LogP contribution in [-0.2, 0) is 20.1 Å². The number of ether oxygens (including phenoxy) is 1. The van der Waals surface area contributed by atoms with Gasteiger partial charge in [0.25, 0.3) is 11.6 Å². The number of imidazole rings is 1. The molecule has 0 saturated carbocycles. The predicted octanol–water partition coefficient (Wildman–Crippen LogP) is -3.71. The van der Waals surface area contributed by atoms with E-state index in [4.69, 9.17) is 16.2 Å². The van der Waals surface area contributed by atoms with Gasteiger partial charge in [-0.3, -0.25) is 14.2 Å². The van der Waals surface area contributed by atoms with Crippen LogP contribution in [0.1, 0.15) is 12.7 Å². The summed E-state index contributed by atoms with van der Waals surface area (Å²) in [6.45, 7) is 2.06. The van der Waals surface area contributed by atoms with Crippen molar-refractivity contribution in [2.45, 2.75) is 48.9 Å². The third-order valence-electron chi connectivity index (χ3n) is 5.01. The van der Waals surface area contributed by atoms with Crippen LogP contribution in [0.2, 0.25) is 0 Å². The number of aliphatic hydroxyl groups excluding tert-OH is 3. The molecule has 170 valence electrons. The molecule has 31 heavy (non-hydrogen) atoms. The van der Waals surface area contributed by atoms with Crippen molar-refractivity contribution in [2.24, 2.45) is 11.5 Å². The summed E-state index contributed by atoms with van der Waals surface area (Å²) in [5.74, 6) is -1.99. The van der Waals surface area contributed by atoms with Crippen molar-refractivity contribution in [1.29, 1.82) is 0 Å². The van der Waals surface area contributed by atoms with E-state index in [2.05, 4.69) is 32.9 Å². The second-order valence-corrected chi connectivity index (χ2v) is 7.86. The zero-order valence-electron chi connectivity index (χ0n) is 16.5. The van der Waals surface area contributed by atoms with Crippen LogP contribution in [0.3, 0.4) is 0 Å². The lowest BCUT2D eigenvalue weighted by Crippen LogP contribution is -2.60. The first-order valence-electron chi connectivity index (χ1n) is 9.06. The van der Waals surface area contributed by atoms with Crippen LogP contribution in [0.15, 0.2) is 6.33 Å². The first-order chi connectivity index (χ1) is 14.4. The molecule has 3 rings (SSSR count). The lowest BCUT2D eigenvalue weighted by molar-refractivity contribution is -0.178. The number of aryl methyl sites for hydroxylation is 1. The van der Waals surface area contributed by atoms with E-state index in [1.807, 2.05) is 0 Å². The van der Waals surface area contributed by atoms with Crippen LogP contribution in [-0.4, -0.2) is 87.7 Å². The molecule has 1 aliphatic rings. The molecule has 2 amide bonds. The summed E-state index contributed by atoms with van der Waals surface area (Å²) in [5.41, 5.74) is 8.50. The number of aliphatic hydroxyl groups is 4. The normalized spacial score (nSPS) is 30.3. The van der Waals surface area contributed by atoms with Crippen molar-refractivity contribution in [3.8, 4) is 0 Å².